The molecule has 0 unspecified atom stereocenters. The summed E-state index contributed by atoms with van der Waals surface area (Å²) in [6.07, 6.45) is 0. The monoisotopic (exact) mass is 361 g/mol. The van der Waals surface area contributed by atoms with Crippen molar-refractivity contribution in [1.82, 2.24) is 14.8 Å². The van der Waals surface area contributed by atoms with Crippen LogP contribution in [0.4, 0.5) is 0 Å². The topological polar surface area (TPSA) is 28.6 Å². The molecule has 0 radical (unpaired) electrons. The van der Waals surface area contributed by atoms with E-state index in [1.54, 1.807) is 0 Å². The van der Waals surface area contributed by atoms with E-state index in [-0.39, 0.29) is 0 Å². The van der Waals surface area contributed by atoms with Crippen molar-refractivity contribution in [2.75, 3.05) is 39.3 Å². The summed E-state index contributed by atoms with van der Waals surface area (Å²) in [4.78, 5) is 9.61. The maximum Gasteiger partial charge on any atom is 0.128 e. The van der Waals surface area contributed by atoms with Crippen molar-refractivity contribution < 1.29 is 4.74 Å². The van der Waals surface area contributed by atoms with E-state index in [1.165, 1.54) is 5.56 Å². The highest BCUT2D eigenvalue weighted by Crippen LogP contribution is 2.24. The van der Waals surface area contributed by atoms with Gasteiger partial charge in [0.1, 0.15) is 12.4 Å². The smallest absolute Gasteiger partial charge is 0.128 e. The molecule has 2 aromatic carbocycles. The molecule has 1 aliphatic rings. The number of nitrogens with zero attached hydrogens (tertiary/aromatic N) is 3. The fourth-order valence-electron chi connectivity index (χ4n) is 3.65. The van der Waals surface area contributed by atoms with Gasteiger partial charge in [-0.3, -0.25) is 14.8 Å². The van der Waals surface area contributed by atoms with Crippen molar-refractivity contribution in [2.24, 2.45) is 0 Å². The van der Waals surface area contributed by atoms with Gasteiger partial charge in [0, 0.05) is 50.3 Å². The molecule has 1 fully saturated rings. The van der Waals surface area contributed by atoms with E-state index >= 15 is 0 Å². The second-order valence-electron chi connectivity index (χ2n) is 7.23. The van der Waals surface area contributed by atoms with Gasteiger partial charge in [-0.05, 0) is 36.8 Å². The Labute approximate surface area is 161 Å². The summed E-state index contributed by atoms with van der Waals surface area (Å²) in [5.41, 5.74) is 3.43. The van der Waals surface area contributed by atoms with Crippen molar-refractivity contribution in [3.8, 4) is 5.75 Å². The molecule has 0 amide bonds. The van der Waals surface area contributed by atoms with Crippen LogP contribution in [0.15, 0.2) is 60.7 Å². The third-order valence-electron chi connectivity index (χ3n) is 5.21. The van der Waals surface area contributed by atoms with Crippen LogP contribution in [0.3, 0.4) is 0 Å². The lowest BCUT2D eigenvalue weighted by atomic mass is 10.2. The van der Waals surface area contributed by atoms with E-state index in [0.29, 0.717) is 6.61 Å². The van der Waals surface area contributed by atoms with Crippen LogP contribution in [-0.4, -0.2) is 54.1 Å². The molecule has 1 saturated heterocycles. The fourth-order valence-corrected chi connectivity index (χ4v) is 3.65. The zero-order valence-corrected chi connectivity index (χ0v) is 16.0. The molecule has 0 saturated carbocycles. The molecule has 4 heteroatoms. The van der Waals surface area contributed by atoms with Crippen LogP contribution < -0.4 is 4.74 Å². The van der Waals surface area contributed by atoms with Crippen molar-refractivity contribution in [2.45, 2.75) is 13.5 Å². The fraction of sp³-hybridized carbons (Fsp3) is 0.348. The van der Waals surface area contributed by atoms with Gasteiger partial charge in [-0.25, -0.2) is 0 Å². The minimum atomic E-state index is 0.714. The Balaban J connectivity index is 1.25. The Morgan fingerprint density at radius 2 is 1.63 bits per heavy atom. The van der Waals surface area contributed by atoms with Gasteiger partial charge >= 0.3 is 0 Å². The molecular formula is C23H27N3O. The molecule has 4 rings (SSSR count). The summed E-state index contributed by atoms with van der Waals surface area (Å²) in [6, 6.07) is 21.0. The van der Waals surface area contributed by atoms with Gasteiger partial charge in [-0.1, -0.05) is 36.4 Å². The Hall–Kier alpha value is -2.43. The minimum Gasteiger partial charge on any atom is -0.492 e. The Bertz CT molecular complexity index is 873. The zero-order chi connectivity index (χ0) is 18.5. The van der Waals surface area contributed by atoms with Gasteiger partial charge in [0.05, 0.1) is 5.52 Å². The lowest BCUT2D eigenvalue weighted by molar-refractivity contribution is 0.113. The third kappa shape index (κ3) is 4.65. The van der Waals surface area contributed by atoms with E-state index in [2.05, 4.69) is 51.2 Å². The van der Waals surface area contributed by atoms with Gasteiger partial charge in [0.15, 0.2) is 0 Å². The molecule has 3 aromatic rings. The first-order valence-electron chi connectivity index (χ1n) is 9.76. The van der Waals surface area contributed by atoms with Gasteiger partial charge in [0.25, 0.3) is 0 Å². The average Bonchev–Trinajstić information content (AvgIpc) is 2.70. The molecule has 1 aliphatic heterocycles. The molecule has 4 nitrogen and oxygen atoms in total. The van der Waals surface area contributed by atoms with Crippen molar-refractivity contribution in [3.63, 3.8) is 0 Å². The standard InChI is InChI=1S/C23H27N3O/c1-19-10-11-21-22(24-19)8-5-9-23(21)27-17-16-25-12-14-26(15-13-25)18-20-6-3-2-4-7-20/h2-11H,12-18H2,1H3. The lowest BCUT2D eigenvalue weighted by Gasteiger charge is -2.34. The second kappa shape index (κ2) is 8.51. The summed E-state index contributed by atoms with van der Waals surface area (Å²) in [5.74, 6) is 0.933. The molecular weight excluding hydrogens is 334 g/mol. The van der Waals surface area contributed by atoms with E-state index in [4.69, 9.17) is 4.74 Å². The molecule has 0 bridgehead atoms. The van der Waals surface area contributed by atoms with Gasteiger partial charge in [-0.2, -0.15) is 0 Å². The SMILES string of the molecule is Cc1ccc2c(OCCN3CCN(Cc4ccccc4)CC3)cccc2n1. The largest absolute Gasteiger partial charge is 0.492 e. The molecule has 2 heterocycles. The van der Waals surface area contributed by atoms with Crippen LogP contribution in [0.2, 0.25) is 0 Å². The van der Waals surface area contributed by atoms with Crippen LogP contribution in [0, 0.1) is 6.92 Å². The summed E-state index contributed by atoms with van der Waals surface area (Å²) in [6.45, 7) is 9.19. The quantitative estimate of drug-likeness (QED) is 0.669. The number of aryl methyl sites for hydroxylation is 1. The summed E-state index contributed by atoms with van der Waals surface area (Å²) >= 11 is 0. The number of piperazine rings is 1. The molecule has 140 valence electrons. The highest BCUT2D eigenvalue weighted by Gasteiger charge is 2.16. The van der Waals surface area contributed by atoms with Crippen LogP contribution >= 0.6 is 0 Å². The Morgan fingerprint density at radius 3 is 2.44 bits per heavy atom. The summed E-state index contributed by atoms with van der Waals surface area (Å²) < 4.78 is 6.09. The molecule has 0 spiro atoms. The first kappa shape index (κ1) is 18.0. The predicted molar refractivity (Wildman–Crippen MR) is 110 cm³/mol. The maximum absolute atomic E-state index is 6.09. The third-order valence-corrected chi connectivity index (χ3v) is 5.21. The number of benzene rings is 2. The Morgan fingerprint density at radius 1 is 0.852 bits per heavy atom. The predicted octanol–water partition coefficient (Wildman–Crippen LogP) is 3.74. The van der Waals surface area contributed by atoms with Gasteiger partial charge < -0.3 is 4.74 Å². The van der Waals surface area contributed by atoms with Crippen LogP contribution in [0.25, 0.3) is 10.9 Å². The maximum atomic E-state index is 6.09. The highest BCUT2D eigenvalue weighted by atomic mass is 16.5. The number of hydrogen-bond donors (Lipinski definition) is 0. The average molecular weight is 361 g/mol. The minimum absolute atomic E-state index is 0.714. The van der Waals surface area contributed by atoms with E-state index in [0.717, 1.165) is 61.6 Å². The van der Waals surface area contributed by atoms with Crippen LogP contribution in [0.5, 0.6) is 5.75 Å². The van der Waals surface area contributed by atoms with Crippen molar-refractivity contribution in [3.05, 3.63) is 71.9 Å². The number of fused-ring (bicyclic) bond motifs is 1. The molecule has 0 aliphatic carbocycles. The second-order valence-corrected chi connectivity index (χ2v) is 7.23. The first-order valence-corrected chi connectivity index (χ1v) is 9.76. The van der Waals surface area contributed by atoms with Crippen LogP contribution in [-0.2, 0) is 6.54 Å². The molecule has 0 N–H and O–H groups in total. The highest BCUT2D eigenvalue weighted by molar-refractivity contribution is 5.85. The molecule has 27 heavy (non-hydrogen) atoms. The molecule has 1 aromatic heterocycles. The van der Waals surface area contributed by atoms with Gasteiger partial charge in [-0.15, -0.1) is 0 Å². The van der Waals surface area contributed by atoms with E-state index in [1.807, 2.05) is 31.2 Å². The van der Waals surface area contributed by atoms with Crippen molar-refractivity contribution in [1.29, 1.82) is 0 Å². The first-order chi connectivity index (χ1) is 13.3. The van der Waals surface area contributed by atoms with Gasteiger partial charge in [0.2, 0.25) is 0 Å². The number of hydrogen-bond acceptors (Lipinski definition) is 4. The number of aromatic nitrogens is 1. The van der Waals surface area contributed by atoms with Crippen molar-refractivity contribution >= 4 is 10.9 Å². The normalized spacial score (nSPS) is 15.9. The zero-order valence-electron chi connectivity index (χ0n) is 16.0. The summed E-state index contributed by atoms with van der Waals surface area (Å²) in [7, 11) is 0. The number of pyridine rings is 1. The van der Waals surface area contributed by atoms with Crippen LogP contribution in [0.1, 0.15) is 11.3 Å². The summed E-state index contributed by atoms with van der Waals surface area (Å²) in [5, 5.41) is 1.09. The van der Waals surface area contributed by atoms with E-state index < -0.39 is 0 Å². The Kier molecular flexibility index (Phi) is 5.66. The lowest BCUT2D eigenvalue weighted by Crippen LogP contribution is -2.47. The molecule has 0 atom stereocenters. The number of rotatable bonds is 6. The number of ether oxygens (including phenoxy) is 1. The van der Waals surface area contributed by atoms with E-state index in [9.17, 15) is 0 Å².